The minimum atomic E-state index is -3.84. The van der Waals surface area contributed by atoms with Crippen molar-refractivity contribution in [3.8, 4) is 5.75 Å². The van der Waals surface area contributed by atoms with Gasteiger partial charge >= 0.3 is 0 Å². The van der Waals surface area contributed by atoms with Gasteiger partial charge in [-0.25, -0.2) is 12.8 Å². The highest BCUT2D eigenvalue weighted by Crippen LogP contribution is 2.25. The molecule has 1 N–H and O–H groups in total. The van der Waals surface area contributed by atoms with Gasteiger partial charge in [0.1, 0.15) is 18.1 Å². The number of carbonyl (C=O) groups is 1. The van der Waals surface area contributed by atoms with E-state index in [1.807, 2.05) is 32.0 Å². The number of methoxy groups -OCH3 is 1. The van der Waals surface area contributed by atoms with Crippen LogP contribution < -0.4 is 14.4 Å². The highest BCUT2D eigenvalue weighted by molar-refractivity contribution is 7.92. The van der Waals surface area contributed by atoms with Gasteiger partial charge in [0.05, 0.1) is 25.1 Å². The first kappa shape index (κ1) is 21.7. The van der Waals surface area contributed by atoms with E-state index < -0.39 is 28.3 Å². The Balaban J connectivity index is 2.21. The number of rotatable bonds is 8. The Bertz CT molecular complexity index is 947. The van der Waals surface area contributed by atoms with Crippen LogP contribution in [0.1, 0.15) is 30.5 Å². The number of anilines is 1. The Morgan fingerprint density at radius 2 is 1.93 bits per heavy atom. The van der Waals surface area contributed by atoms with Crippen LogP contribution in [0.2, 0.25) is 0 Å². The average molecular weight is 408 g/mol. The molecule has 152 valence electrons. The highest BCUT2D eigenvalue weighted by atomic mass is 32.2. The molecule has 2 rings (SSSR count). The first-order chi connectivity index (χ1) is 13.2. The van der Waals surface area contributed by atoms with Crippen molar-refractivity contribution in [3.05, 3.63) is 59.4 Å². The fraction of sp³-hybridized carbons (Fsp3) is 0.350. The third-order valence-electron chi connectivity index (χ3n) is 4.37. The molecule has 1 atom stereocenters. The Morgan fingerprint density at radius 1 is 1.25 bits per heavy atom. The van der Waals surface area contributed by atoms with Gasteiger partial charge in [0.15, 0.2) is 0 Å². The van der Waals surface area contributed by atoms with E-state index in [2.05, 4.69) is 5.32 Å². The largest absolute Gasteiger partial charge is 0.496 e. The van der Waals surface area contributed by atoms with E-state index in [9.17, 15) is 17.6 Å². The Labute approximate surface area is 165 Å². The average Bonchev–Trinajstić information content (AvgIpc) is 2.64. The summed E-state index contributed by atoms with van der Waals surface area (Å²) in [5.41, 5.74) is 1.65. The van der Waals surface area contributed by atoms with Crippen LogP contribution in [0.3, 0.4) is 0 Å². The molecule has 6 nitrogen and oxygen atoms in total. The van der Waals surface area contributed by atoms with Gasteiger partial charge in [0.25, 0.3) is 0 Å². The maximum atomic E-state index is 14.1. The molecule has 2 aromatic rings. The molecule has 0 saturated carbocycles. The minimum Gasteiger partial charge on any atom is -0.496 e. The molecule has 0 radical (unpaired) electrons. The van der Waals surface area contributed by atoms with E-state index in [4.69, 9.17) is 4.74 Å². The summed E-state index contributed by atoms with van der Waals surface area (Å²) in [5.74, 6) is -0.486. The summed E-state index contributed by atoms with van der Waals surface area (Å²) in [7, 11) is -2.26. The van der Waals surface area contributed by atoms with Crippen LogP contribution in [0.15, 0.2) is 42.5 Å². The number of hydrogen-bond acceptors (Lipinski definition) is 4. The van der Waals surface area contributed by atoms with Crippen LogP contribution >= 0.6 is 0 Å². The van der Waals surface area contributed by atoms with Gasteiger partial charge in [-0.1, -0.05) is 31.2 Å². The maximum Gasteiger partial charge on any atom is 0.241 e. The fourth-order valence-electron chi connectivity index (χ4n) is 2.94. The van der Waals surface area contributed by atoms with Gasteiger partial charge in [-0.15, -0.1) is 0 Å². The number of sulfonamides is 1. The number of halogens is 1. The lowest BCUT2D eigenvalue weighted by atomic mass is 10.0. The molecule has 0 aromatic heterocycles. The summed E-state index contributed by atoms with van der Waals surface area (Å²) in [4.78, 5) is 12.6. The second-order valence-corrected chi connectivity index (χ2v) is 8.39. The fourth-order valence-corrected chi connectivity index (χ4v) is 3.80. The van der Waals surface area contributed by atoms with Crippen LogP contribution in [0.5, 0.6) is 5.75 Å². The van der Waals surface area contributed by atoms with Crippen LogP contribution in [0.25, 0.3) is 0 Å². The Kier molecular flexibility index (Phi) is 7.01. The molecule has 0 aliphatic rings. The van der Waals surface area contributed by atoms with Crippen molar-refractivity contribution in [1.29, 1.82) is 0 Å². The number of benzene rings is 2. The molecule has 1 amide bonds. The third kappa shape index (κ3) is 5.22. The van der Waals surface area contributed by atoms with Crippen molar-refractivity contribution in [3.63, 3.8) is 0 Å². The lowest BCUT2D eigenvalue weighted by Gasteiger charge is -2.24. The summed E-state index contributed by atoms with van der Waals surface area (Å²) in [6.45, 7) is 3.31. The molecule has 1 unspecified atom stereocenters. The van der Waals surface area contributed by atoms with Gasteiger partial charge < -0.3 is 10.1 Å². The zero-order valence-corrected chi connectivity index (χ0v) is 17.2. The number of nitrogens with zero attached hydrogens (tertiary/aromatic N) is 1. The number of carbonyl (C=O) groups excluding carboxylic acids is 1. The maximum absolute atomic E-state index is 14.1. The molecule has 0 aliphatic carbocycles. The van der Waals surface area contributed by atoms with Crippen molar-refractivity contribution < 1.29 is 22.3 Å². The van der Waals surface area contributed by atoms with Crippen LogP contribution in [-0.4, -0.2) is 34.2 Å². The van der Waals surface area contributed by atoms with Crippen LogP contribution in [0.4, 0.5) is 10.1 Å². The zero-order valence-electron chi connectivity index (χ0n) is 16.4. The second kappa shape index (κ2) is 9.05. The number of aryl methyl sites for hydroxylation is 1. The molecular formula is C20H25FN2O4S. The predicted molar refractivity (Wildman–Crippen MR) is 107 cm³/mol. The quantitative estimate of drug-likeness (QED) is 0.728. The summed E-state index contributed by atoms with van der Waals surface area (Å²) in [5, 5.41) is 2.83. The number of hydrogen-bond donors (Lipinski definition) is 1. The minimum absolute atomic E-state index is 0.159. The van der Waals surface area contributed by atoms with E-state index >= 15 is 0 Å². The topological polar surface area (TPSA) is 75.7 Å². The summed E-state index contributed by atoms with van der Waals surface area (Å²) in [6, 6.07) is 10.7. The lowest BCUT2D eigenvalue weighted by Crippen LogP contribution is -2.41. The zero-order chi connectivity index (χ0) is 20.9. The molecule has 2 aromatic carbocycles. The van der Waals surface area contributed by atoms with Gasteiger partial charge in [0.2, 0.25) is 15.9 Å². The molecule has 0 heterocycles. The van der Waals surface area contributed by atoms with E-state index in [1.54, 1.807) is 7.11 Å². The Hall–Kier alpha value is -2.61. The van der Waals surface area contributed by atoms with Crippen molar-refractivity contribution >= 4 is 21.6 Å². The van der Waals surface area contributed by atoms with E-state index in [0.29, 0.717) is 6.42 Å². The molecule has 8 heteroatoms. The predicted octanol–water partition coefficient (Wildman–Crippen LogP) is 3.18. The van der Waals surface area contributed by atoms with Crippen LogP contribution in [0, 0.1) is 12.7 Å². The number of para-hydroxylation sites is 1. The van der Waals surface area contributed by atoms with E-state index in [0.717, 1.165) is 33.5 Å². The van der Waals surface area contributed by atoms with E-state index in [1.165, 1.54) is 18.2 Å². The number of nitrogens with one attached hydrogen (secondary N) is 1. The standard InChI is InChI=1S/C20H25FN2O4S/c1-5-17(15-10-11-19(27-3)14(2)12-15)22-20(24)13-23(28(4,25)26)18-9-7-6-8-16(18)21/h6-12,17H,5,13H2,1-4H3,(H,22,24). The second-order valence-electron chi connectivity index (χ2n) is 6.48. The summed E-state index contributed by atoms with van der Waals surface area (Å²) < 4.78 is 44.3. The third-order valence-corrected chi connectivity index (χ3v) is 5.50. The first-order valence-corrected chi connectivity index (χ1v) is 10.7. The van der Waals surface area contributed by atoms with Gasteiger partial charge in [0, 0.05) is 0 Å². The van der Waals surface area contributed by atoms with Crippen molar-refractivity contribution in [2.24, 2.45) is 0 Å². The van der Waals surface area contributed by atoms with Crippen molar-refractivity contribution in [2.75, 3.05) is 24.2 Å². The van der Waals surface area contributed by atoms with Gasteiger partial charge in [-0.3, -0.25) is 9.10 Å². The van der Waals surface area contributed by atoms with Crippen molar-refractivity contribution in [2.45, 2.75) is 26.3 Å². The molecule has 28 heavy (non-hydrogen) atoms. The smallest absolute Gasteiger partial charge is 0.241 e. The summed E-state index contributed by atoms with van der Waals surface area (Å²) >= 11 is 0. The molecule has 0 saturated heterocycles. The molecule has 0 aliphatic heterocycles. The molecule has 0 spiro atoms. The van der Waals surface area contributed by atoms with Crippen molar-refractivity contribution in [1.82, 2.24) is 5.32 Å². The Morgan fingerprint density at radius 3 is 2.46 bits per heavy atom. The van der Waals surface area contributed by atoms with E-state index in [-0.39, 0.29) is 11.7 Å². The van der Waals surface area contributed by atoms with Gasteiger partial charge in [-0.05, 0) is 42.7 Å². The SMILES string of the molecule is CCC(NC(=O)CN(c1ccccc1F)S(C)(=O)=O)c1ccc(OC)c(C)c1. The van der Waals surface area contributed by atoms with Gasteiger partial charge in [-0.2, -0.15) is 0 Å². The lowest BCUT2D eigenvalue weighted by molar-refractivity contribution is -0.120. The number of ether oxygens (including phenoxy) is 1. The molecular weight excluding hydrogens is 383 g/mol. The normalized spacial score (nSPS) is 12.3. The highest BCUT2D eigenvalue weighted by Gasteiger charge is 2.24. The monoisotopic (exact) mass is 408 g/mol. The first-order valence-electron chi connectivity index (χ1n) is 8.83. The molecule has 0 bridgehead atoms. The van der Waals surface area contributed by atoms with Crippen LogP contribution in [-0.2, 0) is 14.8 Å². The molecule has 0 fully saturated rings. The number of amides is 1. The summed E-state index contributed by atoms with van der Waals surface area (Å²) in [6.07, 6.45) is 1.55.